The van der Waals surface area contributed by atoms with Crippen LogP contribution in [-0.4, -0.2) is 29.6 Å². The maximum Gasteiger partial charge on any atom is 0.396 e. The molecule has 0 radical (unpaired) electrons. The first kappa shape index (κ1) is 18.0. The van der Waals surface area contributed by atoms with Crippen molar-refractivity contribution >= 4 is 5.91 Å². The van der Waals surface area contributed by atoms with Crippen LogP contribution in [0.4, 0.5) is 13.2 Å². The monoisotopic (exact) mass is 312 g/mol. The number of hydrogen-bond donors (Lipinski definition) is 0. The standard InChI is InChI=1S/C16H19F3N2O/c1-12(2)21(10-6-9-20)15(22)11-14(16(17,18)19)13-7-4-3-5-8-13/h3-5,7-8,12,14H,6,10-11H2,1-2H3/t14-/m1/s1. The Hall–Kier alpha value is -2.03. The molecular formula is C16H19F3N2O. The minimum absolute atomic E-state index is 0.0762. The second-order valence-electron chi connectivity index (χ2n) is 5.30. The molecule has 6 heteroatoms. The Balaban J connectivity index is 2.94. The van der Waals surface area contributed by atoms with Crippen molar-refractivity contribution in [3.8, 4) is 6.07 Å². The zero-order valence-electron chi connectivity index (χ0n) is 12.6. The molecule has 0 aliphatic heterocycles. The summed E-state index contributed by atoms with van der Waals surface area (Å²) in [5.74, 6) is -2.42. The van der Waals surface area contributed by atoms with Crippen LogP contribution < -0.4 is 0 Å². The maximum absolute atomic E-state index is 13.3. The van der Waals surface area contributed by atoms with Crippen LogP contribution >= 0.6 is 0 Å². The van der Waals surface area contributed by atoms with Crippen molar-refractivity contribution in [2.24, 2.45) is 0 Å². The summed E-state index contributed by atoms with van der Waals surface area (Å²) in [6.45, 7) is 3.59. The molecule has 22 heavy (non-hydrogen) atoms. The molecule has 1 rings (SSSR count). The van der Waals surface area contributed by atoms with E-state index < -0.39 is 24.4 Å². The molecule has 0 aliphatic carbocycles. The Kier molecular flexibility index (Phi) is 6.41. The number of carbonyl (C=O) groups excluding carboxylic acids is 1. The van der Waals surface area contributed by atoms with E-state index in [4.69, 9.17) is 5.26 Å². The number of carbonyl (C=O) groups is 1. The normalized spacial score (nSPS) is 12.8. The summed E-state index contributed by atoms with van der Waals surface area (Å²) >= 11 is 0. The van der Waals surface area contributed by atoms with E-state index in [1.165, 1.54) is 29.2 Å². The molecular weight excluding hydrogens is 293 g/mol. The molecule has 1 aromatic carbocycles. The lowest BCUT2D eigenvalue weighted by atomic mass is 9.94. The van der Waals surface area contributed by atoms with E-state index in [-0.39, 0.29) is 24.6 Å². The summed E-state index contributed by atoms with van der Waals surface area (Å²) in [4.78, 5) is 13.6. The molecule has 0 unspecified atom stereocenters. The fraction of sp³-hybridized carbons (Fsp3) is 0.500. The highest BCUT2D eigenvalue weighted by Crippen LogP contribution is 2.37. The molecule has 0 heterocycles. The summed E-state index contributed by atoms with van der Waals surface area (Å²) in [5, 5.41) is 8.60. The number of amides is 1. The third-order valence-corrected chi connectivity index (χ3v) is 3.38. The number of hydrogen-bond acceptors (Lipinski definition) is 2. The zero-order valence-corrected chi connectivity index (χ0v) is 12.6. The Bertz CT molecular complexity index is 520. The van der Waals surface area contributed by atoms with Crippen LogP contribution in [0.5, 0.6) is 0 Å². The van der Waals surface area contributed by atoms with Crippen LogP contribution in [0.3, 0.4) is 0 Å². The Labute approximate surface area is 128 Å². The number of alkyl halides is 3. The Morgan fingerprint density at radius 1 is 1.27 bits per heavy atom. The minimum Gasteiger partial charge on any atom is -0.339 e. The molecule has 0 fully saturated rings. The number of halogens is 3. The SMILES string of the molecule is CC(C)N(CCC#N)C(=O)C[C@H](c1ccccc1)C(F)(F)F. The molecule has 1 amide bonds. The predicted octanol–water partition coefficient (Wildman–Crippen LogP) is 3.87. The van der Waals surface area contributed by atoms with Crippen molar-refractivity contribution < 1.29 is 18.0 Å². The van der Waals surface area contributed by atoms with Crippen LogP contribution in [0.1, 0.15) is 38.2 Å². The van der Waals surface area contributed by atoms with Gasteiger partial charge < -0.3 is 4.90 Å². The molecule has 120 valence electrons. The summed E-state index contributed by atoms with van der Waals surface area (Å²) in [5.41, 5.74) is 0.0762. The topological polar surface area (TPSA) is 44.1 Å². The van der Waals surface area contributed by atoms with Crippen LogP contribution in [0.15, 0.2) is 30.3 Å². The molecule has 1 aromatic rings. The van der Waals surface area contributed by atoms with Gasteiger partial charge in [-0.05, 0) is 19.4 Å². The number of benzene rings is 1. The van der Waals surface area contributed by atoms with Crippen LogP contribution in [-0.2, 0) is 4.79 Å². The molecule has 0 saturated carbocycles. The fourth-order valence-corrected chi connectivity index (χ4v) is 2.24. The number of nitriles is 1. The van der Waals surface area contributed by atoms with Crippen molar-refractivity contribution in [1.29, 1.82) is 5.26 Å². The van der Waals surface area contributed by atoms with E-state index in [1.54, 1.807) is 19.9 Å². The van der Waals surface area contributed by atoms with Crippen molar-refractivity contribution in [2.45, 2.75) is 44.8 Å². The van der Waals surface area contributed by atoms with Crippen LogP contribution in [0, 0.1) is 11.3 Å². The van der Waals surface area contributed by atoms with E-state index in [0.29, 0.717) is 0 Å². The van der Waals surface area contributed by atoms with Crippen molar-refractivity contribution in [3.63, 3.8) is 0 Å². The van der Waals surface area contributed by atoms with Gasteiger partial charge in [-0.3, -0.25) is 4.79 Å². The van der Waals surface area contributed by atoms with Gasteiger partial charge in [0.1, 0.15) is 0 Å². The first-order valence-electron chi connectivity index (χ1n) is 7.05. The molecule has 0 N–H and O–H groups in total. The first-order valence-corrected chi connectivity index (χ1v) is 7.05. The molecule has 0 saturated heterocycles. The quantitative estimate of drug-likeness (QED) is 0.800. The molecule has 3 nitrogen and oxygen atoms in total. The first-order chi connectivity index (χ1) is 10.3. The highest BCUT2D eigenvalue weighted by atomic mass is 19.4. The molecule has 1 atom stereocenters. The van der Waals surface area contributed by atoms with Gasteiger partial charge in [-0.15, -0.1) is 0 Å². The smallest absolute Gasteiger partial charge is 0.339 e. The van der Waals surface area contributed by atoms with Crippen molar-refractivity contribution in [1.82, 2.24) is 4.90 Å². The van der Waals surface area contributed by atoms with E-state index in [9.17, 15) is 18.0 Å². The molecule has 0 bridgehead atoms. The maximum atomic E-state index is 13.3. The average Bonchev–Trinajstić information content (AvgIpc) is 2.44. The number of nitrogens with zero attached hydrogens (tertiary/aromatic N) is 2. The molecule has 0 aliphatic rings. The predicted molar refractivity (Wildman–Crippen MR) is 76.9 cm³/mol. The van der Waals surface area contributed by atoms with Gasteiger partial charge in [-0.2, -0.15) is 18.4 Å². The van der Waals surface area contributed by atoms with Gasteiger partial charge in [0.05, 0.1) is 18.4 Å². The lowest BCUT2D eigenvalue weighted by Gasteiger charge is -2.29. The Morgan fingerprint density at radius 3 is 2.32 bits per heavy atom. The summed E-state index contributed by atoms with van der Waals surface area (Å²) in [6, 6.07) is 9.09. The summed E-state index contributed by atoms with van der Waals surface area (Å²) < 4.78 is 39.8. The largest absolute Gasteiger partial charge is 0.396 e. The highest BCUT2D eigenvalue weighted by Gasteiger charge is 2.42. The van der Waals surface area contributed by atoms with E-state index >= 15 is 0 Å². The van der Waals surface area contributed by atoms with Gasteiger partial charge in [0.15, 0.2) is 0 Å². The van der Waals surface area contributed by atoms with Gasteiger partial charge in [0.25, 0.3) is 0 Å². The zero-order chi connectivity index (χ0) is 16.8. The summed E-state index contributed by atoms with van der Waals surface area (Å²) in [6.07, 6.45) is -5.03. The van der Waals surface area contributed by atoms with E-state index in [0.717, 1.165) is 0 Å². The van der Waals surface area contributed by atoms with E-state index in [2.05, 4.69) is 0 Å². The van der Waals surface area contributed by atoms with Gasteiger partial charge in [-0.25, -0.2) is 0 Å². The average molecular weight is 312 g/mol. The number of rotatable bonds is 6. The van der Waals surface area contributed by atoms with Crippen molar-refractivity contribution in [2.75, 3.05) is 6.54 Å². The van der Waals surface area contributed by atoms with E-state index in [1.807, 2.05) is 6.07 Å². The third-order valence-electron chi connectivity index (χ3n) is 3.38. The highest BCUT2D eigenvalue weighted by molar-refractivity contribution is 5.77. The minimum atomic E-state index is -4.49. The van der Waals surface area contributed by atoms with Gasteiger partial charge in [0, 0.05) is 19.0 Å². The van der Waals surface area contributed by atoms with Gasteiger partial charge in [-0.1, -0.05) is 30.3 Å². The lowest BCUT2D eigenvalue weighted by Crippen LogP contribution is -2.39. The fourth-order valence-electron chi connectivity index (χ4n) is 2.24. The Morgan fingerprint density at radius 2 is 1.86 bits per heavy atom. The van der Waals surface area contributed by atoms with Gasteiger partial charge >= 0.3 is 6.18 Å². The van der Waals surface area contributed by atoms with Crippen LogP contribution in [0.25, 0.3) is 0 Å². The van der Waals surface area contributed by atoms with Crippen LogP contribution in [0.2, 0.25) is 0 Å². The molecule has 0 spiro atoms. The third kappa shape index (κ3) is 5.06. The summed E-state index contributed by atoms with van der Waals surface area (Å²) in [7, 11) is 0. The van der Waals surface area contributed by atoms with Crippen molar-refractivity contribution in [3.05, 3.63) is 35.9 Å². The lowest BCUT2D eigenvalue weighted by molar-refractivity contribution is -0.161. The van der Waals surface area contributed by atoms with Gasteiger partial charge in [0.2, 0.25) is 5.91 Å². The second kappa shape index (κ2) is 7.83. The second-order valence-corrected chi connectivity index (χ2v) is 5.30. The molecule has 0 aromatic heterocycles.